The number of benzene rings is 1. The molecule has 0 radical (unpaired) electrons. The summed E-state index contributed by atoms with van der Waals surface area (Å²) in [6.07, 6.45) is 5.45. The van der Waals surface area contributed by atoms with Crippen LogP contribution in [-0.4, -0.2) is 37.2 Å². The topological polar surface area (TPSA) is 24.5 Å². The van der Waals surface area contributed by atoms with E-state index in [1.54, 1.807) is 7.11 Å². The van der Waals surface area contributed by atoms with Gasteiger partial charge in [0.1, 0.15) is 5.75 Å². The van der Waals surface area contributed by atoms with E-state index in [1.165, 1.54) is 44.3 Å². The lowest BCUT2D eigenvalue weighted by atomic mass is 9.97. The van der Waals surface area contributed by atoms with Gasteiger partial charge in [-0.2, -0.15) is 0 Å². The first-order valence-electron chi connectivity index (χ1n) is 7.92. The van der Waals surface area contributed by atoms with E-state index in [9.17, 15) is 0 Å². The molecular formula is C17H26N2O. The molecule has 0 spiro atoms. The van der Waals surface area contributed by atoms with Crippen LogP contribution in [0.15, 0.2) is 24.3 Å². The second-order valence-electron chi connectivity index (χ2n) is 6.16. The summed E-state index contributed by atoms with van der Waals surface area (Å²) in [5.41, 5.74) is 1.35. The largest absolute Gasteiger partial charge is 0.497 e. The molecular weight excluding hydrogens is 248 g/mol. The number of piperidine rings is 1. The first-order valence-corrected chi connectivity index (χ1v) is 7.92. The maximum atomic E-state index is 5.23. The third kappa shape index (κ3) is 2.84. The second kappa shape index (κ2) is 6.15. The predicted molar refractivity (Wildman–Crippen MR) is 82.2 cm³/mol. The molecule has 2 heterocycles. The summed E-state index contributed by atoms with van der Waals surface area (Å²) in [5, 5.41) is 3.85. The van der Waals surface area contributed by atoms with Crippen molar-refractivity contribution >= 4 is 0 Å². The van der Waals surface area contributed by atoms with E-state index in [2.05, 4.69) is 41.4 Å². The van der Waals surface area contributed by atoms with E-state index >= 15 is 0 Å². The highest BCUT2D eigenvalue weighted by Gasteiger charge is 2.35. The van der Waals surface area contributed by atoms with Crippen molar-refractivity contribution in [3.8, 4) is 5.75 Å². The lowest BCUT2D eigenvalue weighted by Crippen LogP contribution is -2.45. The first kappa shape index (κ1) is 13.9. The summed E-state index contributed by atoms with van der Waals surface area (Å²) in [5.74, 6) is 0.931. The third-order valence-corrected chi connectivity index (χ3v) is 4.94. The molecule has 3 heteroatoms. The summed E-state index contributed by atoms with van der Waals surface area (Å²) in [7, 11) is 1.72. The van der Waals surface area contributed by atoms with E-state index in [0.717, 1.165) is 11.8 Å². The summed E-state index contributed by atoms with van der Waals surface area (Å²) >= 11 is 0. The van der Waals surface area contributed by atoms with Crippen LogP contribution in [0.2, 0.25) is 0 Å². The monoisotopic (exact) mass is 274 g/mol. The van der Waals surface area contributed by atoms with Crippen LogP contribution >= 0.6 is 0 Å². The average Bonchev–Trinajstić information content (AvgIpc) is 2.91. The lowest BCUT2D eigenvalue weighted by Gasteiger charge is -2.34. The van der Waals surface area contributed by atoms with Crippen molar-refractivity contribution in [3.05, 3.63) is 29.8 Å². The smallest absolute Gasteiger partial charge is 0.118 e. The van der Waals surface area contributed by atoms with Crippen molar-refractivity contribution in [3.63, 3.8) is 0 Å². The van der Waals surface area contributed by atoms with Gasteiger partial charge < -0.3 is 10.1 Å². The second-order valence-corrected chi connectivity index (χ2v) is 6.16. The van der Waals surface area contributed by atoms with Crippen molar-refractivity contribution in [2.75, 3.05) is 20.2 Å². The Labute approximate surface area is 122 Å². The van der Waals surface area contributed by atoms with Crippen molar-refractivity contribution < 1.29 is 4.74 Å². The van der Waals surface area contributed by atoms with Gasteiger partial charge in [0.05, 0.1) is 7.11 Å². The van der Waals surface area contributed by atoms with Gasteiger partial charge in [0.15, 0.2) is 0 Å². The number of fused-ring (bicyclic) bond motifs is 1. The molecule has 2 unspecified atom stereocenters. The molecule has 0 aromatic heterocycles. The zero-order valence-electron chi connectivity index (χ0n) is 12.6. The van der Waals surface area contributed by atoms with E-state index in [0.29, 0.717) is 12.1 Å². The first-order chi connectivity index (χ1) is 9.78. The van der Waals surface area contributed by atoms with Gasteiger partial charge in [-0.1, -0.05) is 18.6 Å². The molecule has 2 aliphatic heterocycles. The summed E-state index contributed by atoms with van der Waals surface area (Å²) in [4.78, 5) is 2.68. The zero-order chi connectivity index (χ0) is 13.9. The molecule has 0 bridgehead atoms. The Balaban J connectivity index is 1.61. The molecule has 2 fully saturated rings. The molecule has 0 saturated carbocycles. The van der Waals surface area contributed by atoms with Gasteiger partial charge in [0, 0.05) is 24.7 Å². The Morgan fingerprint density at radius 2 is 1.95 bits per heavy atom. The van der Waals surface area contributed by atoms with Gasteiger partial charge in [-0.05, 0) is 50.4 Å². The summed E-state index contributed by atoms with van der Waals surface area (Å²) in [6.45, 7) is 4.85. The van der Waals surface area contributed by atoms with E-state index in [4.69, 9.17) is 4.74 Å². The molecule has 110 valence electrons. The van der Waals surface area contributed by atoms with Crippen LogP contribution in [0.4, 0.5) is 0 Å². The molecule has 0 aliphatic carbocycles. The van der Waals surface area contributed by atoms with Crippen LogP contribution < -0.4 is 10.1 Å². The van der Waals surface area contributed by atoms with Gasteiger partial charge in [0.25, 0.3) is 0 Å². The number of ether oxygens (including phenoxy) is 1. The Bertz CT molecular complexity index is 431. The Morgan fingerprint density at radius 3 is 2.70 bits per heavy atom. The Morgan fingerprint density at radius 1 is 1.15 bits per heavy atom. The highest BCUT2D eigenvalue weighted by molar-refractivity contribution is 5.29. The number of nitrogens with zero attached hydrogens (tertiary/aromatic N) is 1. The summed E-state index contributed by atoms with van der Waals surface area (Å²) in [6, 6.07) is 10.3. The van der Waals surface area contributed by atoms with E-state index in [-0.39, 0.29) is 0 Å². The Kier molecular flexibility index (Phi) is 4.27. The summed E-state index contributed by atoms with van der Waals surface area (Å²) < 4.78 is 5.23. The van der Waals surface area contributed by atoms with Crippen molar-refractivity contribution in [1.29, 1.82) is 0 Å². The molecule has 3 nitrogen and oxygen atoms in total. The Hall–Kier alpha value is -1.06. The quantitative estimate of drug-likeness (QED) is 0.913. The zero-order valence-corrected chi connectivity index (χ0v) is 12.6. The minimum atomic E-state index is 0.410. The van der Waals surface area contributed by atoms with Crippen LogP contribution in [0.25, 0.3) is 0 Å². The number of hydrogen-bond donors (Lipinski definition) is 1. The van der Waals surface area contributed by atoms with Crippen LogP contribution in [-0.2, 0) is 0 Å². The number of methoxy groups -OCH3 is 1. The molecule has 1 aromatic rings. The number of rotatable bonds is 4. The van der Waals surface area contributed by atoms with Crippen LogP contribution in [0.5, 0.6) is 5.75 Å². The van der Waals surface area contributed by atoms with Gasteiger partial charge >= 0.3 is 0 Å². The van der Waals surface area contributed by atoms with Crippen LogP contribution in [0.1, 0.15) is 44.2 Å². The highest BCUT2D eigenvalue weighted by Crippen LogP contribution is 2.29. The fourth-order valence-corrected chi connectivity index (χ4v) is 3.75. The van der Waals surface area contributed by atoms with Crippen molar-refractivity contribution in [1.82, 2.24) is 10.2 Å². The maximum absolute atomic E-state index is 5.23. The maximum Gasteiger partial charge on any atom is 0.118 e. The molecule has 3 rings (SSSR count). The molecule has 20 heavy (non-hydrogen) atoms. The van der Waals surface area contributed by atoms with E-state index < -0.39 is 0 Å². The average molecular weight is 274 g/mol. The molecule has 1 N–H and O–H groups in total. The van der Waals surface area contributed by atoms with Crippen molar-refractivity contribution in [2.45, 2.75) is 50.7 Å². The third-order valence-electron chi connectivity index (χ3n) is 4.94. The predicted octanol–water partition coefficient (Wildman–Crippen LogP) is 2.97. The number of hydrogen-bond acceptors (Lipinski definition) is 3. The standard InChI is InChI=1S/C17H26N2O/c1-13(14-6-8-15(20-2)9-7-14)18-16-10-12-19-11-4-3-5-17(16)19/h6-9,13,16-18H,3-5,10-12H2,1-2H3/t13-,16?,17?/m1/s1. The molecule has 1 aromatic carbocycles. The van der Waals surface area contributed by atoms with Crippen LogP contribution in [0.3, 0.4) is 0 Å². The minimum Gasteiger partial charge on any atom is -0.497 e. The van der Waals surface area contributed by atoms with E-state index in [1.807, 2.05) is 0 Å². The molecule has 3 atom stereocenters. The molecule has 0 amide bonds. The minimum absolute atomic E-state index is 0.410. The number of nitrogens with one attached hydrogen (secondary N) is 1. The fraction of sp³-hybridized carbons (Fsp3) is 0.647. The highest BCUT2D eigenvalue weighted by atomic mass is 16.5. The fourth-order valence-electron chi connectivity index (χ4n) is 3.75. The van der Waals surface area contributed by atoms with Crippen LogP contribution in [0, 0.1) is 0 Å². The van der Waals surface area contributed by atoms with Gasteiger partial charge in [-0.15, -0.1) is 0 Å². The van der Waals surface area contributed by atoms with Crippen molar-refractivity contribution in [2.24, 2.45) is 0 Å². The SMILES string of the molecule is COc1ccc([C@@H](C)NC2CCN3CCCCC23)cc1. The molecule has 2 saturated heterocycles. The lowest BCUT2D eigenvalue weighted by molar-refractivity contribution is 0.177. The van der Waals surface area contributed by atoms with Gasteiger partial charge in [-0.25, -0.2) is 0 Å². The normalized spacial score (nSPS) is 28.1. The van der Waals surface area contributed by atoms with Gasteiger partial charge in [0.2, 0.25) is 0 Å². The molecule has 2 aliphatic rings. The van der Waals surface area contributed by atoms with Gasteiger partial charge in [-0.3, -0.25) is 4.90 Å².